The fraction of sp³-hybridized carbons (Fsp3) is 0.0800. The minimum absolute atomic E-state index is 0. The number of rotatable bonds is 3. The van der Waals surface area contributed by atoms with Crippen molar-refractivity contribution in [2.24, 2.45) is 0 Å². The van der Waals surface area contributed by atoms with Crippen molar-refractivity contribution >= 4 is 32.3 Å². The van der Waals surface area contributed by atoms with Gasteiger partial charge in [-0.25, -0.2) is 0 Å². The Kier molecular flexibility index (Phi) is 8.35. The number of pyridine rings is 2. The number of aromatic nitrogens is 2. The van der Waals surface area contributed by atoms with Crippen LogP contribution >= 0.6 is 0 Å². The molecule has 0 N–H and O–H groups in total. The third-order valence-corrected chi connectivity index (χ3v) is 10.8. The van der Waals surface area contributed by atoms with E-state index in [1.165, 1.54) is 76.8 Å². The first kappa shape index (κ1) is 33.1. The summed E-state index contributed by atoms with van der Waals surface area (Å²) in [5.74, 6) is 0.617. The second-order valence-electron chi connectivity index (χ2n) is 14.1. The van der Waals surface area contributed by atoms with Gasteiger partial charge in [-0.2, -0.15) is 0 Å². The maximum absolute atomic E-state index is 5.00. The van der Waals surface area contributed by atoms with Crippen LogP contribution in [0.1, 0.15) is 47.9 Å². The SMILES string of the molecule is CC(C)c1[c-]c(-c2nccc3c2ccc2c4ccccc4ccc32)cc2c1-c1cccc3c1C2c1ccccc1-3.[Ir].[c-]1ccccc1-c1ccccn1. The minimum Gasteiger partial charge on any atom is -0.305 e. The van der Waals surface area contributed by atoms with Crippen LogP contribution in [-0.4, -0.2) is 9.97 Å². The number of benzene rings is 7. The Hall–Kier alpha value is -5.73. The van der Waals surface area contributed by atoms with Gasteiger partial charge < -0.3 is 9.97 Å². The molecule has 1 atom stereocenters. The first-order valence-corrected chi connectivity index (χ1v) is 18.1. The summed E-state index contributed by atoms with van der Waals surface area (Å²) in [6, 6.07) is 58.7. The molecule has 0 saturated heterocycles. The molecule has 7 aromatic carbocycles. The second kappa shape index (κ2) is 13.4. The van der Waals surface area contributed by atoms with E-state index in [1.807, 2.05) is 48.7 Å². The Morgan fingerprint density at radius 1 is 0.547 bits per heavy atom. The Bertz CT molecular complexity index is 2790. The minimum atomic E-state index is 0. The zero-order valence-electron chi connectivity index (χ0n) is 29.4. The van der Waals surface area contributed by atoms with E-state index in [2.05, 4.69) is 134 Å². The van der Waals surface area contributed by atoms with Crippen molar-refractivity contribution in [2.45, 2.75) is 25.7 Å². The second-order valence-corrected chi connectivity index (χ2v) is 14.1. The Balaban J connectivity index is 0.000000245. The van der Waals surface area contributed by atoms with Gasteiger partial charge in [0.05, 0.1) is 0 Å². The Labute approximate surface area is 323 Å². The molecule has 0 aliphatic heterocycles. The maximum atomic E-state index is 5.00. The molecule has 0 bridgehead atoms. The topological polar surface area (TPSA) is 25.8 Å². The summed E-state index contributed by atoms with van der Waals surface area (Å²) < 4.78 is 0. The van der Waals surface area contributed by atoms with E-state index < -0.39 is 0 Å². The van der Waals surface area contributed by atoms with Crippen molar-refractivity contribution in [3.63, 3.8) is 0 Å². The van der Waals surface area contributed by atoms with E-state index in [4.69, 9.17) is 4.98 Å². The smallest absolute Gasteiger partial charge is 0.0187 e. The monoisotopic (exact) mass is 855 g/mol. The van der Waals surface area contributed by atoms with E-state index in [0.717, 1.165) is 22.5 Å². The zero-order valence-corrected chi connectivity index (χ0v) is 31.8. The molecular formula is C50H34IrN2-2. The summed E-state index contributed by atoms with van der Waals surface area (Å²) >= 11 is 0. The van der Waals surface area contributed by atoms with E-state index in [9.17, 15) is 0 Å². The summed E-state index contributed by atoms with van der Waals surface area (Å²) in [5.41, 5.74) is 15.2. The van der Waals surface area contributed by atoms with Gasteiger partial charge in [0.1, 0.15) is 0 Å². The van der Waals surface area contributed by atoms with Gasteiger partial charge >= 0.3 is 0 Å². The van der Waals surface area contributed by atoms with Crippen LogP contribution in [0.2, 0.25) is 0 Å². The normalized spacial score (nSPS) is 13.3. The Morgan fingerprint density at radius 2 is 1.28 bits per heavy atom. The molecule has 2 aliphatic carbocycles. The van der Waals surface area contributed by atoms with Crippen LogP contribution in [0.3, 0.4) is 0 Å². The van der Waals surface area contributed by atoms with Gasteiger partial charge in [-0.05, 0) is 84.0 Å². The van der Waals surface area contributed by atoms with Crippen LogP contribution in [0.15, 0.2) is 158 Å². The van der Waals surface area contributed by atoms with E-state index in [0.29, 0.717) is 5.92 Å². The van der Waals surface area contributed by atoms with Crippen molar-refractivity contribution < 1.29 is 20.1 Å². The van der Waals surface area contributed by atoms with Gasteiger partial charge in [0.25, 0.3) is 0 Å². The summed E-state index contributed by atoms with van der Waals surface area (Å²) in [6.45, 7) is 4.59. The van der Waals surface area contributed by atoms with Crippen LogP contribution in [-0.2, 0) is 20.1 Å². The molecule has 11 rings (SSSR count). The summed E-state index contributed by atoms with van der Waals surface area (Å²) in [7, 11) is 0. The van der Waals surface area contributed by atoms with Crippen LogP contribution in [0, 0.1) is 12.1 Å². The molecule has 255 valence electrons. The molecule has 1 unspecified atom stereocenters. The predicted octanol–water partition coefficient (Wildman–Crippen LogP) is 12.8. The van der Waals surface area contributed by atoms with Crippen molar-refractivity contribution in [1.29, 1.82) is 0 Å². The fourth-order valence-electron chi connectivity index (χ4n) is 8.56. The van der Waals surface area contributed by atoms with Crippen molar-refractivity contribution in [1.82, 2.24) is 9.97 Å². The maximum Gasteiger partial charge on any atom is 0.0187 e. The molecule has 9 aromatic rings. The van der Waals surface area contributed by atoms with Crippen LogP contribution < -0.4 is 0 Å². The van der Waals surface area contributed by atoms with E-state index in [1.54, 1.807) is 6.20 Å². The van der Waals surface area contributed by atoms with Gasteiger partial charge in [0.2, 0.25) is 0 Å². The molecule has 0 fully saturated rings. The number of nitrogens with zero attached hydrogens (tertiary/aromatic N) is 2. The molecule has 2 nitrogen and oxygen atoms in total. The molecule has 2 aromatic heterocycles. The average molecular weight is 855 g/mol. The first-order valence-electron chi connectivity index (χ1n) is 18.1. The largest absolute Gasteiger partial charge is 0.305 e. The van der Waals surface area contributed by atoms with Gasteiger partial charge in [0, 0.05) is 38.4 Å². The van der Waals surface area contributed by atoms with Gasteiger partial charge in [0.15, 0.2) is 0 Å². The molecular weight excluding hydrogens is 821 g/mol. The molecule has 1 radical (unpaired) electrons. The predicted molar refractivity (Wildman–Crippen MR) is 215 cm³/mol. The van der Waals surface area contributed by atoms with Crippen molar-refractivity contribution in [3.8, 4) is 44.8 Å². The van der Waals surface area contributed by atoms with Gasteiger partial charge in [-0.3, -0.25) is 0 Å². The van der Waals surface area contributed by atoms with E-state index >= 15 is 0 Å². The standard InChI is InChI=1S/C39H26N.C11H8N.Ir/c1-22(2)34-20-24(21-35-36(34)33-13-7-12-31-26-10-5-6-11-30(26)38(35)37(31)33)39-32-17-16-27-25-9-4-3-8-23(25)14-15-28(27)29(32)18-19-40-39;1-2-6-10(7-3-1)11-8-4-5-9-12-11;/h3-19,21-22,38H,1-2H3;1-6,8-9H;/q2*-1;. The molecule has 3 heteroatoms. The number of hydrogen-bond acceptors (Lipinski definition) is 2. The van der Waals surface area contributed by atoms with E-state index in [-0.39, 0.29) is 26.0 Å². The summed E-state index contributed by atoms with van der Waals surface area (Å²) in [5, 5.41) is 7.54. The third kappa shape index (κ3) is 5.34. The molecule has 0 saturated carbocycles. The number of fused-ring (bicyclic) bond motifs is 11. The van der Waals surface area contributed by atoms with Gasteiger partial charge in [-0.1, -0.05) is 128 Å². The van der Waals surface area contributed by atoms with Crippen molar-refractivity contribution in [2.75, 3.05) is 0 Å². The van der Waals surface area contributed by atoms with Crippen molar-refractivity contribution in [3.05, 3.63) is 192 Å². The number of hydrogen-bond donors (Lipinski definition) is 0. The van der Waals surface area contributed by atoms with Crippen LogP contribution in [0.4, 0.5) is 0 Å². The van der Waals surface area contributed by atoms with Crippen LogP contribution in [0.25, 0.3) is 77.1 Å². The molecule has 2 aliphatic rings. The third-order valence-electron chi connectivity index (χ3n) is 10.8. The zero-order chi connectivity index (χ0) is 34.8. The quantitative estimate of drug-likeness (QED) is 0.131. The molecule has 53 heavy (non-hydrogen) atoms. The Morgan fingerprint density at radius 3 is 2.13 bits per heavy atom. The average Bonchev–Trinajstić information content (AvgIpc) is 3.73. The molecule has 0 amide bonds. The molecule has 2 heterocycles. The fourth-order valence-corrected chi connectivity index (χ4v) is 8.56. The summed E-state index contributed by atoms with van der Waals surface area (Å²) in [4.78, 5) is 9.22. The van der Waals surface area contributed by atoms with Crippen LogP contribution in [0.5, 0.6) is 0 Å². The van der Waals surface area contributed by atoms with Gasteiger partial charge in [-0.15, -0.1) is 64.7 Å². The first-order chi connectivity index (χ1) is 25.7. The molecule has 0 spiro atoms. The summed E-state index contributed by atoms with van der Waals surface area (Å²) in [6.07, 6.45) is 3.76.